The van der Waals surface area contributed by atoms with Crippen molar-refractivity contribution in [1.29, 1.82) is 0 Å². The molecule has 3 rings (SSSR count). The molecule has 0 aromatic heterocycles. The molecule has 2 N–H and O–H groups in total. The number of benzene rings is 2. The van der Waals surface area contributed by atoms with E-state index >= 15 is 0 Å². The van der Waals surface area contributed by atoms with Gasteiger partial charge in [0.15, 0.2) is 0 Å². The van der Waals surface area contributed by atoms with Gasteiger partial charge in [-0.3, -0.25) is 0 Å². The number of hydrogen-bond donors (Lipinski definition) is 2. The average Bonchev–Trinajstić information content (AvgIpc) is 2.56. The third kappa shape index (κ3) is 3.13. The standard InChI is InChI=1S/C19H21F3N2/c1-12-10-24-18-8-7-13(9-15(18)16(12)11-23-2)14-5-3-4-6-17(14)19(20,21)22/h3-9,12,16,23-24H,10-11H2,1-2H3. The van der Waals surface area contributed by atoms with Gasteiger partial charge in [-0.15, -0.1) is 0 Å². The third-order valence-corrected chi connectivity index (χ3v) is 4.72. The summed E-state index contributed by atoms with van der Waals surface area (Å²) in [4.78, 5) is 0. The summed E-state index contributed by atoms with van der Waals surface area (Å²) in [6.07, 6.45) is -4.36. The van der Waals surface area contributed by atoms with E-state index in [4.69, 9.17) is 0 Å². The van der Waals surface area contributed by atoms with E-state index in [1.807, 2.05) is 19.2 Å². The number of alkyl halides is 3. The van der Waals surface area contributed by atoms with Gasteiger partial charge in [-0.05, 0) is 47.9 Å². The van der Waals surface area contributed by atoms with Gasteiger partial charge in [0.25, 0.3) is 0 Å². The SMILES string of the molecule is CNCC1c2cc(-c3ccccc3C(F)(F)F)ccc2NCC1C. The zero-order valence-corrected chi connectivity index (χ0v) is 13.7. The minimum atomic E-state index is -4.36. The van der Waals surface area contributed by atoms with Gasteiger partial charge < -0.3 is 10.6 Å². The summed E-state index contributed by atoms with van der Waals surface area (Å²) in [6.45, 7) is 3.84. The summed E-state index contributed by atoms with van der Waals surface area (Å²) in [6, 6.07) is 11.3. The highest BCUT2D eigenvalue weighted by atomic mass is 19.4. The summed E-state index contributed by atoms with van der Waals surface area (Å²) in [5, 5.41) is 6.57. The Morgan fingerprint density at radius 3 is 2.62 bits per heavy atom. The fraction of sp³-hybridized carbons (Fsp3) is 0.368. The minimum absolute atomic E-state index is 0.231. The maximum absolute atomic E-state index is 13.3. The van der Waals surface area contributed by atoms with Crippen molar-refractivity contribution >= 4 is 5.69 Å². The van der Waals surface area contributed by atoms with Crippen LogP contribution in [-0.4, -0.2) is 20.1 Å². The van der Waals surface area contributed by atoms with Crippen LogP contribution in [0.4, 0.5) is 18.9 Å². The number of fused-ring (bicyclic) bond motifs is 1. The molecule has 0 aliphatic carbocycles. The van der Waals surface area contributed by atoms with E-state index in [-0.39, 0.29) is 11.5 Å². The Hall–Kier alpha value is -2.01. The second-order valence-corrected chi connectivity index (χ2v) is 6.37. The lowest BCUT2D eigenvalue weighted by atomic mass is 9.81. The molecular weight excluding hydrogens is 313 g/mol. The Morgan fingerprint density at radius 2 is 1.92 bits per heavy atom. The Labute approximate surface area is 140 Å². The molecule has 2 atom stereocenters. The molecule has 2 aromatic rings. The quantitative estimate of drug-likeness (QED) is 0.847. The van der Waals surface area contributed by atoms with Crippen LogP contribution in [0.3, 0.4) is 0 Å². The normalized spacial score (nSPS) is 20.4. The molecule has 1 aliphatic rings. The van der Waals surface area contributed by atoms with Crippen molar-refractivity contribution in [3.05, 3.63) is 53.6 Å². The molecule has 0 radical (unpaired) electrons. The first-order valence-corrected chi connectivity index (χ1v) is 8.11. The Morgan fingerprint density at radius 1 is 1.17 bits per heavy atom. The number of hydrogen-bond acceptors (Lipinski definition) is 2. The maximum atomic E-state index is 13.3. The molecule has 2 unspecified atom stereocenters. The van der Waals surface area contributed by atoms with Gasteiger partial charge in [0, 0.05) is 24.7 Å². The van der Waals surface area contributed by atoms with Crippen molar-refractivity contribution in [2.45, 2.75) is 19.0 Å². The lowest BCUT2D eigenvalue weighted by molar-refractivity contribution is -0.137. The summed E-state index contributed by atoms with van der Waals surface area (Å²) in [5.41, 5.74) is 2.35. The molecule has 5 heteroatoms. The molecule has 0 fully saturated rings. The summed E-state index contributed by atoms with van der Waals surface area (Å²) in [7, 11) is 1.90. The van der Waals surface area contributed by atoms with E-state index in [9.17, 15) is 13.2 Å². The summed E-state index contributed by atoms with van der Waals surface area (Å²) < 4.78 is 39.9. The molecular formula is C19H21F3N2. The lowest BCUT2D eigenvalue weighted by Gasteiger charge is -2.33. The van der Waals surface area contributed by atoms with Gasteiger partial charge >= 0.3 is 6.18 Å². The number of nitrogens with one attached hydrogen (secondary N) is 2. The van der Waals surface area contributed by atoms with E-state index in [1.54, 1.807) is 12.1 Å². The molecule has 1 aliphatic heterocycles. The van der Waals surface area contributed by atoms with Crippen LogP contribution in [0.5, 0.6) is 0 Å². The minimum Gasteiger partial charge on any atom is -0.385 e. The zero-order valence-electron chi connectivity index (χ0n) is 13.7. The van der Waals surface area contributed by atoms with Crippen molar-refractivity contribution in [3.63, 3.8) is 0 Å². The van der Waals surface area contributed by atoms with Gasteiger partial charge in [-0.25, -0.2) is 0 Å². The second-order valence-electron chi connectivity index (χ2n) is 6.37. The molecule has 0 amide bonds. The molecule has 0 bridgehead atoms. The van der Waals surface area contributed by atoms with Gasteiger partial charge in [-0.2, -0.15) is 13.2 Å². The van der Waals surface area contributed by atoms with Gasteiger partial charge in [0.2, 0.25) is 0 Å². The Kier molecular flexibility index (Phi) is 4.54. The molecule has 2 nitrogen and oxygen atoms in total. The van der Waals surface area contributed by atoms with E-state index in [0.29, 0.717) is 11.5 Å². The fourth-order valence-corrected chi connectivity index (χ4v) is 3.43. The number of halogens is 3. The first-order valence-electron chi connectivity index (χ1n) is 8.11. The lowest BCUT2D eigenvalue weighted by Crippen LogP contribution is -2.31. The molecule has 24 heavy (non-hydrogen) atoms. The monoisotopic (exact) mass is 334 g/mol. The predicted molar refractivity (Wildman–Crippen MR) is 91.2 cm³/mol. The number of likely N-dealkylation sites (N-methyl/N-ethyl adjacent to an activating group) is 1. The van der Waals surface area contributed by atoms with Crippen molar-refractivity contribution in [2.75, 3.05) is 25.5 Å². The Bertz CT molecular complexity index is 725. The summed E-state index contributed by atoms with van der Waals surface area (Å²) >= 11 is 0. The van der Waals surface area contributed by atoms with Gasteiger partial charge in [0.1, 0.15) is 0 Å². The second kappa shape index (κ2) is 6.48. The maximum Gasteiger partial charge on any atom is 0.417 e. The van der Waals surface area contributed by atoms with Crippen molar-refractivity contribution in [2.24, 2.45) is 5.92 Å². The van der Waals surface area contributed by atoms with Crippen molar-refractivity contribution in [3.8, 4) is 11.1 Å². The van der Waals surface area contributed by atoms with Gasteiger partial charge in [0.05, 0.1) is 5.56 Å². The topological polar surface area (TPSA) is 24.1 Å². The van der Waals surface area contributed by atoms with Crippen LogP contribution in [0.15, 0.2) is 42.5 Å². The van der Waals surface area contributed by atoms with Crippen LogP contribution in [-0.2, 0) is 6.18 Å². The molecule has 1 heterocycles. The zero-order chi connectivity index (χ0) is 17.3. The number of rotatable bonds is 3. The van der Waals surface area contributed by atoms with Crippen LogP contribution in [0.25, 0.3) is 11.1 Å². The van der Waals surface area contributed by atoms with Crippen LogP contribution >= 0.6 is 0 Å². The number of anilines is 1. The van der Waals surface area contributed by atoms with Crippen molar-refractivity contribution < 1.29 is 13.2 Å². The predicted octanol–water partition coefficient (Wildman–Crippen LogP) is 4.74. The van der Waals surface area contributed by atoms with Gasteiger partial charge in [-0.1, -0.05) is 31.2 Å². The molecule has 0 spiro atoms. The average molecular weight is 334 g/mol. The molecule has 0 saturated carbocycles. The smallest absolute Gasteiger partial charge is 0.385 e. The van der Waals surface area contributed by atoms with E-state index in [1.165, 1.54) is 12.1 Å². The first-order chi connectivity index (χ1) is 11.4. The largest absolute Gasteiger partial charge is 0.417 e. The van der Waals surface area contributed by atoms with Crippen LogP contribution in [0, 0.1) is 5.92 Å². The highest BCUT2D eigenvalue weighted by Crippen LogP contribution is 2.41. The molecule has 0 saturated heterocycles. The van der Waals surface area contributed by atoms with Crippen LogP contribution in [0.2, 0.25) is 0 Å². The summed E-state index contributed by atoms with van der Waals surface area (Å²) in [5.74, 6) is 0.697. The van der Waals surface area contributed by atoms with Crippen LogP contribution in [0.1, 0.15) is 24.0 Å². The Balaban J connectivity index is 2.09. The highest BCUT2D eigenvalue weighted by Gasteiger charge is 2.34. The third-order valence-electron chi connectivity index (χ3n) is 4.72. The highest BCUT2D eigenvalue weighted by molar-refractivity contribution is 5.72. The first kappa shape index (κ1) is 16.8. The van der Waals surface area contributed by atoms with E-state index < -0.39 is 11.7 Å². The molecule has 2 aromatic carbocycles. The van der Waals surface area contributed by atoms with E-state index in [2.05, 4.69) is 17.6 Å². The van der Waals surface area contributed by atoms with Crippen molar-refractivity contribution in [1.82, 2.24) is 5.32 Å². The van der Waals surface area contributed by atoms with Crippen LogP contribution < -0.4 is 10.6 Å². The molecule has 128 valence electrons. The fourth-order valence-electron chi connectivity index (χ4n) is 3.43. The van der Waals surface area contributed by atoms with E-state index in [0.717, 1.165) is 30.4 Å².